The summed E-state index contributed by atoms with van der Waals surface area (Å²) in [6.45, 7) is 6.36. The minimum absolute atomic E-state index is 0.0555. The van der Waals surface area contributed by atoms with Crippen LogP contribution in [0.15, 0.2) is 12.1 Å². The Morgan fingerprint density at radius 2 is 2.05 bits per heavy atom. The zero-order valence-corrected chi connectivity index (χ0v) is 13.5. The van der Waals surface area contributed by atoms with Gasteiger partial charge in [0.25, 0.3) is 0 Å². The van der Waals surface area contributed by atoms with Gasteiger partial charge in [0.05, 0.1) is 5.56 Å². The summed E-state index contributed by atoms with van der Waals surface area (Å²) in [7, 11) is 2.02. The van der Waals surface area contributed by atoms with Crippen LogP contribution in [0.2, 0.25) is 5.02 Å². The fraction of sp³-hybridized carbons (Fsp3) is 0.562. The lowest BCUT2D eigenvalue weighted by Crippen LogP contribution is -2.31. The van der Waals surface area contributed by atoms with Crippen LogP contribution in [0.5, 0.6) is 5.75 Å². The summed E-state index contributed by atoms with van der Waals surface area (Å²) in [4.78, 5) is 16.1. The molecule has 0 saturated carbocycles. The normalized spacial score (nSPS) is 15.8. The number of rotatable bonds is 6. The molecule has 21 heavy (non-hydrogen) atoms. The van der Waals surface area contributed by atoms with Crippen molar-refractivity contribution in [2.24, 2.45) is 0 Å². The highest BCUT2D eigenvalue weighted by Crippen LogP contribution is 2.28. The smallest absolute Gasteiger partial charge is 0.163 e. The highest BCUT2D eigenvalue weighted by molar-refractivity contribution is 6.31. The van der Waals surface area contributed by atoms with Crippen molar-refractivity contribution in [2.45, 2.75) is 26.3 Å². The van der Waals surface area contributed by atoms with E-state index in [0.29, 0.717) is 22.7 Å². The molecule has 0 aliphatic carbocycles. The van der Waals surface area contributed by atoms with Gasteiger partial charge in [0.1, 0.15) is 5.75 Å². The Bertz CT molecular complexity index is 513. The molecule has 0 unspecified atom stereocenters. The monoisotopic (exact) mass is 310 g/mol. The van der Waals surface area contributed by atoms with Crippen LogP contribution >= 0.6 is 11.6 Å². The van der Waals surface area contributed by atoms with Gasteiger partial charge in [0.15, 0.2) is 5.78 Å². The maximum Gasteiger partial charge on any atom is 0.163 e. The molecule has 1 aliphatic heterocycles. The molecule has 0 bridgehead atoms. The number of phenolic OH excluding ortho intramolecular Hbond substituents is 1. The Balaban J connectivity index is 1.99. The van der Waals surface area contributed by atoms with Gasteiger partial charge >= 0.3 is 0 Å². The van der Waals surface area contributed by atoms with Crippen molar-refractivity contribution in [2.75, 3.05) is 33.2 Å². The van der Waals surface area contributed by atoms with Crippen molar-refractivity contribution < 1.29 is 9.90 Å². The second-order valence-corrected chi connectivity index (χ2v) is 6.24. The minimum Gasteiger partial charge on any atom is -0.507 e. The molecule has 4 nitrogen and oxygen atoms in total. The highest BCUT2D eigenvalue weighted by atomic mass is 35.5. The van der Waals surface area contributed by atoms with Gasteiger partial charge < -0.3 is 14.9 Å². The third-order valence-corrected chi connectivity index (χ3v) is 4.19. The molecule has 0 spiro atoms. The summed E-state index contributed by atoms with van der Waals surface area (Å²) < 4.78 is 0. The number of likely N-dealkylation sites (N-methyl/N-ethyl adjacent to an activating group) is 1. The number of likely N-dealkylation sites (tertiary alicyclic amines) is 1. The lowest BCUT2D eigenvalue weighted by atomic mass is 10.1. The molecule has 1 aliphatic rings. The van der Waals surface area contributed by atoms with E-state index in [1.165, 1.54) is 38.9 Å². The second kappa shape index (κ2) is 7.25. The molecule has 0 atom stereocenters. The first-order valence-electron chi connectivity index (χ1n) is 7.40. The second-order valence-electron chi connectivity index (χ2n) is 5.80. The molecule has 1 heterocycles. The number of aromatic hydroxyl groups is 1. The molecular formula is C16H23ClN2O2. The number of carbonyl (C=O) groups is 1. The summed E-state index contributed by atoms with van der Waals surface area (Å²) in [5.41, 5.74) is 1.00. The molecule has 1 fully saturated rings. The molecule has 2 rings (SSSR count). The zero-order chi connectivity index (χ0) is 15.4. The largest absolute Gasteiger partial charge is 0.507 e. The van der Waals surface area contributed by atoms with E-state index in [4.69, 9.17) is 11.6 Å². The maximum atomic E-state index is 11.5. The first kappa shape index (κ1) is 16.3. The van der Waals surface area contributed by atoms with Gasteiger partial charge in [-0.15, -0.1) is 0 Å². The number of hydrogen-bond acceptors (Lipinski definition) is 4. The first-order valence-corrected chi connectivity index (χ1v) is 7.78. The average Bonchev–Trinajstić information content (AvgIpc) is 2.93. The Labute approximate surface area is 131 Å². The predicted molar refractivity (Wildman–Crippen MR) is 85.1 cm³/mol. The summed E-state index contributed by atoms with van der Waals surface area (Å²) >= 11 is 6.04. The SMILES string of the molecule is CC(=O)c1cc(Cl)cc(CN(C)CCN2CCCC2)c1O. The third kappa shape index (κ3) is 4.43. The molecule has 0 aromatic heterocycles. The summed E-state index contributed by atoms with van der Waals surface area (Å²) in [6, 6.07) is 3.25. The van der Waals surface area contributed by atoms with E-state index >= 15 is 0 Å². The van der Waals surface area contributed by atoms with Crippen LogP contribution < -0.4 is 0 Å². The number of nitrogens with zero attached hydrogens (tertiary/aromatic N) is 2. The molecule has 1 aromatic carbocycles. The lowest BCUT2D eigenvalue weighted by Gasteiger charge is -2.22. The van der Waals surface area contributed by atoms with Gasteiger partial charge in [-0.1, -0.05) is 11.6 Å². The molecule has 1 aromatic rings. The summed E-state index contributed by atoms with van der Waals surface area (Å²) in [6.07, 6.45) is 2.58. The average molecular weight is 311 g/mol. The van der Waals surface area contributed by atoms with E-state index in [2.05, 4.69) is 9.80 Å². The maximum absolute atomic E-state index is 11.5. The third-order valence-electron chi connectivity index (χ3n) is 3.97. The number of Topliss-reactive ketones (excluding diaryl/α,β-unsaturated/α-hetero) is 1. The van der Waals surface area contributed by atoms with Crippen molar-refractivity contribution in [3.05, 3.63) is 28.3 Å². The molecule has 1 N–H and O–H groups in total. The standard InChI is InChI=1S/C16H23ClN2O2/c1-12(20)15-10-14(17)9-13(16(15)21)11-18(2)7-8-19-5-3-4-6-19/h9-10,21H,3-8,11H2,1-2H3. The van der Waals surface area contributed by atoms with E-state index in [1.54, 1.807) is 6.07 Å². The van der Waals surface area contributed by atoms with Crippen LogP contribution in [-0.4, -0.2) is 53.9 Å². The number of halogens is 1. The Morgan fingerprint density at radius 3 is 2.67 bits per heavy atom. The fourth-order valence-electron chi connectivity index (χ4n) is 2.73. The predicted octanol–water partition coefficient (Wildman–Crippen LogP) is 2.78. The van der Waals surface area contributed by atoms with Crippen LogP contribution in [0.3, 0.4) is 0 Å². The van der Waals surface area contributed by atoms with Crippen molar-refractivity contribution in [3.63, 3.8) is 0 Å². The number of carbonyl (C=O) groups excluding carboxylic acids is 1. The molecule has 116 valence electrons. The Morgan fingerprint density at radius 1 is 1.38 bits per heavy atom. The number of benzene rings is 1. The van der Waals surface area contributed by atoms with Gasteiger partial charge in [-0.25, -0.2) is 0 Å². The van der Waals surface area contributed by atoms with Gasteiger partial charge in [0, 0.05) is 30.2 Å². The first-order chi connectivity index (χ1) is 9.97. The molecular weight excluding hydrogens is 288 g/mol. The van der Waals surface area contributed by atoms with Crippen LogP contribution in [-0.2, 0) is 6.54 Å². The van der Waals surface area contributed by atoms with Crippen LogP contribution in [0.25, 0.3) is 0 Å². The van der Waals surface area contributed by atoms with Gasteiger partial charge in [-0.05, 0) is 52.0 Å². The van der Waals surface area contributed by atoms with Gasteiger partial charge in [0.2, 0.25) is 0 Å². The number of ketones is 1. The van der Waals surface area contributed by atoms with Crippen LogP contribution in [0, 0.1) is 0 Å². The van der Waals surface area contributed by atoms with Gasteiger partial charge in [-0.2, -0.15) is 0 Å². The van der Waals surface area contributed by atoms with Crippen molar-refractivity contribution >= 4 is 17.4 Å². The lowest BCUT2D eigenvalue weighted by molar-refractivity contribution is 0.101. The Kier molecular flexibility index (Phi) is 5.62. The molecule has 0 radical (unpaired) electrons. The molecule has 1 saturated heterocycles. The summed E-state index contributed by atoms with van der Waals surface area (Å²) in [5.74, 6) is -0.115. The van der Waals surface area contributed by atoms with E-state index in [1.807, 2.05) is 7.05 Å². The highest BCUT2D eigenvalue weighted by Gasteiger charge is 2.16. The van der Waals surface area contributed by atoms with E-state index in [-0.39, 0.29) is 11.5 Å². The number of hydrogen-bond donors (Lipinski definition) is 1. The van der Waals surface area contributed by atoms with Crippen molar-refractivity contribution in [3.8, 4) is 5.75 Å². The van der Waals surface area contributed by atoms with Crippen LogP contribution in [0.1, 0.15) is 35.7 Å². The Hall–Kier alpha value is -1.10. The quantitative estimate of drug-likeness (QED) is 0.821. The van der Waals surface area contributed by atoms with Gasteiger partial charge in [-0.3, -0.25) is 4.79 Å². The van der Waals surface area contributed by atoms with Crippen molar-refractivity contribution in [1.29, 1.82) is 0 Å². The van der Waals surface area contributed by atoms with E-state index in [9.17, 15) is 9.90 Å². The van der Waals surface area contributed by atoms with Crippen molar-refractivity contribution in [1.82, 2.24) is 9.80 Å². The van der Waals surface area contributed by atoms with Crippen LogP contribution in [0.4, 0.5) is 0 Å². The summed E-state index contributed by atoms with van der Waals surface area (Å²) in [5, 5.41) is 10.7. The van der Waals surface area contributed by atoms with E-state index < -0.39 is 0 Å². The number of phenols is 1. The zero-order valence-electron chi connectivity index (χ0n) is 12.7. The fourth-order valence-corrected chi connectivity index (χ4v) is 2.97. The molecule has 5 heteroatoms. The topological polar surface area (TPSA) is 43.8 Å². The minimum atomic E-state index is -0.170. The molecule has 0 amide bonds. The van der Waals surface area contributed by atoms with E-state index in [0.717, 1.165) is 13.1 Å².